The first kappa shape index (κ1) is 10.2. The molecule has 0 radical (unpaired) electrons. The van der Waals surface area contributed by atoms with Crippen LogP contribution < -0.4 is 5.73 Å². The lowest BCUT2D eigenvalue weighted by Crippen LogP contribution is -2.46. The van der Waals surface area contributed by atoms with E-state index in [1.807, 2.05) is 4.68 Å². The van der Waals surface area contributed by atoms with Crippen LogP contribution in [0.4, 0.5) is 0 Å². The van der Waals surface area contributed by atoms with E-state index in [4.69, 9.17) is 5.73 Å². The summed E-state index contributed by atoms with van der Waals surface area (Å²) in [5.74, 6) is 1.10. The highest BCUT2D eigenvalue weighted by molar-refractivity contribution is 4.92. The van der Waals surface area contributed by atoms with Gasteiger partial charge in [0, 0.05) is 18.6 Å². The molecule has 3 rings (SSSR count). The molecule has 0 amide bonds. The summed E-state index contributed by atoms with van der Waals surface area (Å²) >= 11 is 0. The molecule has 1 aromatic rings. The Hall–Kier alpha value is -0.940. The highest BCUT2D eigenvalue weighted by Gasteiger charge is 2.28. The number of rotatable bonds is 1. The normalized spacial score (nSPS) is 31.3. The van der Waals surface area contributed by atoms with Crippen LogP contribution in [0.5, 0.6) is 0 Å². The predicted molar refractivity (Wildman–Crippen MR) is 60.7 cm³/mol. The summed E-state index contributed by atoms with van der Waals surface area (Å²) in [7, 11) is 0. The average molecular weight is 221 g/mol. The first-order valence-electron chi connectivity index (χ1n) is 6.19. The summed E-state index contributed by atoms with van der Waals surface area (Å²) in [6.07, 6.45) is 6.57. The van der Waals surface area contributed by atoms with Gasteiger partial charge in [0.25, 0.3) is 0 Å². The van der Waals surface area contributed by atoms with Crippen LogP contribution in [0.1, 0.15) is 31.5 Å². The molecule has 0 unspecified atom stereocenters. The smallest absolute Gasteiger partial charge is 0.141 e. The first-order chi connectivity index (χ1) is 7.83. The molecule has 0 bridgehead atoms. The molecule has 2 atom stereocenters. The zero-order chi connectivity index (χ0) is 11.0. The van der Waals surface area contributed by atoms with Crippen molar-refractivity contribution >= 4 is 0 Å². The Morgan fingerprint density at radius 1 is 1.31 bits per heavy atom. The standard InChI is InChI=1S/C11H19N5/c12-9-2-1-3-10(6-9)15-4-5-16-11(7-15)13-8-14-16/h8-10H,1-7,12H2/t9-,10+/m1/s1. The quantitative estimate of drug-likeness (QED) is 0.744. The molecule has 1 aliphatic carbocycles. The largest absolute Gasteiger partial charge is 0.328 e. The lowest BCUT2D eigenvalue weighted by atomic mass is 9.90. The predicted octanol–water partition coefficient (Wildman–Crippen LogP) is 0.364. The number of aromatic nitrogens is 3. The summed E-state index contributed by atoms with van der Waals surface area (Å²) < 4.78 is 2.01. The summed E-state index contributed by atoms with van der Waals surface area (Å²) in [6.45, 7) is 3.01. The van der Waals surface area contributed by atoms with Crippen LogP contribution in [0.15, 0.2) is 6.33 Å². The number of fused-ring (bicyclic) bond motifs is 1. The molecular weight excluding hydrogens is 202 g/mol. The van der Waals surface area contributed by atoms with Gasteiger partial charge in [-0.25, -0.2) is 9.67 Å². The van der Waals surface area contributed by atoms with Gasteiger partial charge in [0.1, 0.15) is 12.2 Å². The maximum atomic E-state index is 6.05. The van der Waals surface area contributed by atoms with E-state index in [9.17, 15) is 0 Å². The van der Waals surface area contributed by atoms with E-state index in [0.29, 0.717) is 12.1 Å². The molecular formula is C11H19N5. The highest BCUT2D eigenvalue weighted by Crippen LogP contribution is 2.24. The number of hydrogen-bond acceptors (Lipinski definition) is 4. The molecule has 5 nitrogen and oxygen atoms in total. The molecule has 1 aromatic heterocycles. The zero-order valence-electron chi connectivity index (χ0n) is 9.55. The third-order valence-corrected chi connectivity index (χ3v) is 3.84. The second kappa shape index (κ2) is 4.14. The summed E-state index contributed by atoms with van der Waals surface area (Å²) in [4.78, 5) is 6.83. The van der Waals surface area contributed by atoms with Gasteiger partial charge in [0.2, 0.25) is 0 Å². The van der Waals surface area contributed by atoms with Crippen LogP contribution in [-0.4, -0.2) is 38.3 Å². The Kier molecular flexibility index (Phi) is 2.65. The third-order valence-electron chi connectivity index (χ3n) is 3.84. The van der Waals surface area contributed by atoms with E-state index in [-0.39, 0.29) is 0 Å². The minimum Gasteiger partial charge on any atom is -0.328 e. The summed E-state index contributed by atoms with van der Waals surface area (Å²) in [5.41, 5.74) is 6.05. The molecule has 1 fully saturated rings. The lowest BCUT2D eigenvalue weighted by molar-refractivity contribution is 0.111. The van der Waals surface area contributed by atoms with Crippen LogP contribution in [0.2, 0.25) is 0 Å². The van der Waals surface area contributed by atoms with Gasteiger partial charge in [-0.1, -0.05) is 6.42 Å². The number of nitrogens with two attached hydrogens (primary N) is 1. The van der Waals surface area contributed by atoms with Crippen molar-refractivity contribution in [1.82, 2.24) is 19.7 Å². The average Bonchev–Trinajstić information content (AvgIpc) is 2.75. The Balaban J connectivity index is 1.68. The summed E-state index contributed by atoms with van der Waals surface area (Å²) in [6, 6.07) is 1.06. The number of hydrogen-bond donors (Lipinski definition) is 1. The van der Waals surface area contributed by atoms with Gasteiger partial charge in [0.05, 0.1) is 13.1 Å². The summed E-state index contributed by atoms with van der Waals surface area (Å²) in [5, 5.41) is 4.21. The minimum absolute atomic E-state index is 0.401. The van der Waals surface area contributed by atoms with Crippen molar-refractivity contribution in [1.29, 1.82) is 0 Å². The molecule has 0 aromatic carbocycles. The van der Waals surface area contributed by atoms with Crippen molar-refractivity contribution in [3.05, 3.63) is 12.2 Å². The maximum absolute atomic E-state index is 6.05. The molecule has 0 spiro atoms. The van der Waals surface area contributed by atoms with Gasteiger partial charge in [-0.3, -0.25) is 4.90 Å². The second-order valence-electron chi connectivity index (χ2n) is 4.95. The van der Waals surface area contributed by atoms with Crippen molar-refractivity contribution in [3.8, 4) is 0 Å². The van der Waals surface area contributed by atoms with Crippen LogP contribution in [0.3, 0.4) is 0 Å². The molecule has 1 saturated carbocycles. The molecule has 88 valence electrons. The van der Waals surface area contributed by atoms with Gasteiger partial charge in [0.15, 0.2) is 0 Å². The Morgan fingerprint density at radius 3 is 3.12 bits per heavy atom. The van der Waals surface area contributed by atoms with Gasteiger partial charge in [-0.2, -0.15) is 5.10 Å². The van der Waals surface area contributed by atoms with E-state index in [2.05, 4.69) is 15.0 Å². The Morgan fingerprint density at radius 2 is 2.25 bits per heavy atom. The van der Waals surface area contributed by atoms with E-state index in [1.54, 1.807) is 6.33 Å². The lowest BCUT2D eigenvalue weighted by Gasteiger charge is -2.38. The second-order valence-corrected chi connectivity index (χ2v) is 4.95. The van der Waals surface area contributed by atoms with Gasteiger partial charge >= 0.3 is 0 Å². The molecule has 2 aliphatic rings. The fourth-order valence-corrected chi connectivity index (χ4v) is 2.93. The SMILES string of the molecule is N[C@@H]1CCC[C@H](N2CCn3ncnc3C2)C1. The van der Waals surface area contributed by atoms with Crippen LogP contribution in [0.25, 0.3) is 0 Å². The number of nitrogens with zero attached hydrogens (tertiary/aromatic N) is 4. The Labute approximate surface area is 95.6 Å². The third kappa shape index (κ3) is 1.85. The van der Waals surface area contributed by atoms with Crippen molar-refractivity contribution in [3.63, 3.8) is 0 Å². The molecule has 0 saturated heterocycles. The van der Waals surface area contributed by atoms with Gasteiger partial charge < -0.3 is 5.73 Å². The zero-order valence-corrected chi connectivity index (χ0v) is 9.55. The fraction of sp³-hybridized carbons (Fsp3) is 0.818. The minimum atomic E-state index is 0.401. The van der Waals surface area contributed by atoms with E-state index >= 15 is 0 Å². The van der Waals surface area contributed by atoms with Crippen molar-refractivity contribution in [2.75, 3.05) is 6.54 Å². The highest BCUT2D eigenvalue weighted by atomic mass is 15.4. The molecule has 2 N–H and O–H groups in total. The molecule has 16 heavy (non-hydrogen) atoms. The van der Waals surface area contributed by atoms with Crippen molar-refractivity contribution < 1.29 is 0 Å². The van der Waals surface area contributed by atoms with Gasteiger partial charge in [-0.15, -0.1) is 0 Å². The van der Waals surface area contributed by atoms with Crippen molar-refractivity contribution in [2.45, 2.75) is 50.9 Å². The molecule has 5 heteroatoms. The van der Waals surface area contributed by atoms with Crippen LogP contribution in [0, 0.1) is 0 Å². The van der Waals surface area contributed by atoms with Crippen LogP contribution >= 0.6 is 0 Å². The molecule has 1 aliphatic heterocycles. The van der Waals surface area contributed by atoms with E-state index in [0.717, 1.165) is 31.9 Å². The monoisotopic (exact) mass is 221 g/mol. The van der Waals surface area contributed by atoms with Crippen LogP contribution in [-0.2, 0) is 13.1 Å². The van der Waals surface area contributed by atoms with E-state index < -0.39 is 0 Å². The first-order valence-corrected chi connectivity index (χ1v) is 6.19. The molecule has 2 heterocycles. The van der Waals surface area contributed by atoms with Gasteiger partial charge in [-0.05, 0) is 19.3 Å². The fourth-order valence-electron chi connectivity index (χ4n) is 2.93. The van der Waals surface area contributed by atoms with Crippen molar-refractivity contribution in [2.24, 2.45) is 5.73 Å². The maximum Gasteiger partial charge on any atom is 0.141 e. The Bertz CT molecular complexity index is 361. The topological polar surface area (TPSA) is 60.0 Å². The van der Waals surface area contributed by atoms with E-state index in [1.165, 1.54) is 19.3 Å².